The van der Waals surface area contributed by atoms with Gasteiger partial charge in [-0.15, -0.1) is 0 Å². The van der Waals surface area contributed by atoms with Gasteiger partial charge >= 0.3 is 9.28 Å². The van der Waals surface area contributed by atoms with Crippen LogP contribution in [0.15, 0.2) is 24.3 Å². The third-order valence-corrected chi connectivity index (χ3v) is 4.75. The molecule has 0 heterocycles. The third kappa shape index (κ3) is 5.66. The van der Waals surface area contributed by atoms with Crippen molar-refractivity contribution in [2.45, 2.75) is 39.5 Å². The van der Waals surface area contributed by atoms with Crippen molar-refractivity contribution in [3.05, 3.63) is 24.3 Å². The first-order chi connectivity index (χ1) is 8.77. The molecule has 0 saturated heterocycles. The monoisotopic (exact) mass is 267 g/mol. The highest BCUT2D eigenvalue weighted by Gasteiger charge is 2.16. The second-order valence-corrected chi connectivity index (χ2v) is 6.44. The zero-order chi connectivity index (χ0) is 13.2. The second kappa shape index (κ2) is 9.14. The quantitative estimate of drug-likeness (QED) is 0.424. The van der Waals surface area contributed by atoms with Crippen molar-refractivity contribution in [2.75, 3.05) is 18.9 Å². The molecule has 1 rings (SSSR count). The lowest BCUT2D eigenvalue weighted by Gasteiger charge is -2.17. The van der Waals surface area contributed by atoms with Crippen LogP contribution in [0, 0.1) is 0 Å². The van der Waals surface area contributed by atoms with E-state index < -0.39 is 9.28 Å². The minimum absolute atomic E-state index is 0.786. The molecule has 4 heteroatoms. The molecule has 0 aliphatic heterocycles. The summed E-state index contributed by atoms with van der Waals surface area (Å²) in [5.41, 5.74) is 6.49. The van der Waals surface area contributed by atoms with Crippen LogP contribution in [0.1, 0.15) is 39.5 Å². The maximum atomic E-state index is 5.93. The van der Waals surface area contributed by atoms with E-state index in [1.807, 2.05) is 24.3 Å². The third-order valence-electron chi connectivity index (χ3n) is 2.74. The normalized spacial score (nSPS) is 11.1. The SMILES string of the molecule is CCCCO[SiH](OCCCC)c1ccc(N)cc1. The molecule has 3 nitrogen and oxygen atoms in total. The van der Waals surface area contributed by atoms with Gasteiger partial charge in [0.05, 0.1) is 0 Å². The first-order valence-electron chi connectivity index (χ1n) is 6.86. The van der Waals surface area contributed by atoms with Crippen LogP contribution >= 0.6 is 0 Å². The van der Waals surface area contributed by atoms with Crippen molar-refractivity contribution in [3.8, 4) is 0 Å². The number of benzene rings is 1. The molecule has 0 spiro atoms. The summed E-state index contributed by atoms with van der Waals surface area (Å²) in [6.07, 6.45) is 4.49. The standard InChI is InChI=1S/C14H25NO2Si/c1-3-5-11-16-18(17-12-6-4-2)14-9-7-13(15)8-10-14/h7-10,18H,3-6,11-12,15H2,1-2H3. The van der Waals surface area contributed by atoms with Crippen molar-refractivity contribution in [2.24, 2.45) is 0 Å². The van der Waals surface area contributed by atoms with E-state index in [9.17, 15) is 0 Å². The van der Waals surface area contributed by atoms with Gasteiger partial charge in [-0.3, -0.25) is 0 Å². The summed E-state index contributed by atoms with van der Waals surface area (Å²) in [6.45, 7) is 5.93. The molecule has 2 N–H and O–H groups in total. The number of anilines is 1. The summed E-state index contributed by atoms with van der Waals surface area (Å²) in [4.78, 5) is 0. The summed E-state index contributed by atoms with van der Waals surface area (Å²) < 4.78 is 11.9. The van der Waals surface area contributed by atoms with Gasteiger partial charge in [-0.05, 0) is 30.2 Å². The Morgan fingerprint density at radius 3 is 1.89 bits per heavy atom. The van der Waals surface area contributed by atoms with Crippen LogP contribution in [0.5, 0.6) is 0 Å². The molecule has 0 aliphatic rings. The first-order valence-corrected chi connectivity index (χ1v) is 8.38. The molecule has 0 radical (unpaired) electrons. The van der Waals surface area contributed by atoms with Gasteiger partial charge in [0, 0.05) is 18.9 Å². The van der Waals surface area contributed by atoms with Gasteiger partial charge in [0.1, 0.15) is 0 Å². The largest absolute Gasteiger partial charge is 0.399 e. The summed E-state index contributed by atoms with van der Waals surface area (Å²) >= 11 is 0. The highest BCUT2D eigenvalue weighted by Crippen LogP contribution is 2.02. The maximum absolute atomic E-state index is 5.93. The molecular weight excluding hydrogens is 242 g/mol. The molecule has 0 bridgehead atoms. The Balaban J connectivity index is 2.54. The Morgan fingerprint density at radius 2 is 1.44 bits per heavy atom. The van der Waals surface area contributed by atoms with Crippen LogP contribution in [-0.2, 0) is 8.85 Å². The molecule has 0 amide bonds. The van der Waals surface area contributed by atoms with E-state index in [0.717, 1.165) is 44.6 Å². The van der Waals surface area contributed by atoms with Gasteiger partial charge in [-0.2, -0.15) is 0 Å². The van der Waals surface area contributed by atoms with Crippen molar-refractivity contribution < 1.29 is 8.85 Å². The summed E-state index contributed by atoms with van der Waals surface area (Å²) in [6, 6.07) is 7.90. The van der Waals surface area contributed by atoms with Gasteiger partial charge in [0.15, 0.2) is 0 Å². The Kier molecular flexibility index (Phi) is 7.72. The molecule has 0 unspecified atom stereocenters. The summed E-state index contributed by atoms with van der Waals surface area (Å²) in [5, 5.41) is 1.18. The van der Waals surface area contributed by atoms with Crippen LogP contribution in [0.2, 0.25) is 0 Å². The first kappa shape index (κ1) is 15.2. The lowest BCUT2D eigenvalue weighted by atomic mass is 10.3. The molecule has 0 aromatic heterocycles. The summed E-state index contributed by atoms with van der Waals surface area (Å²) in [7, 11) is -1.73. The molecule has 0 aliphatic carbocycles. The Labute approximate surface area is 112 Å². The van der Waals surface area contributed by atoms with Crippen molar-refractivity contribution in [1.29, 1.82) is 0 Å². The van der Waals surface area contributed by atoms with Crippen molar-refractivity contribution in [3.63, 3.8) is 0 Å². The number of rotatable bonds is 9. The predicted molar refractivity (Wildman–Crippen MR) is 79.4 cm³/mol. The van der Waals surface area contributed by atoms with E-state index in [-0.39, 0.29) is 0 Å². The van der Waals surface area contributed by atoms with Gasteiger partial charge in [-0.25, -0.2) is 0 Å². The lowest BCUT2D eigenvalue weighted by molar-refractivity contribution is 0.202. The molecule has 0 fully saturated rings. The van der Waals surface area contributed by atoms with E-state index >= 15 is 0 Å². The topological polar surface area (TPSA) is 44.5 Å². The van der Waals surface area contributed by atoms with Gasteiger partial charge in [0.25, 0.3) is 0 Å². The van der Waals surface area contributed by atoms with Crippen LogP contribution in [-0.4, -0.2) is 22.5 Å². The van der Waals surface area contributed by atoms with Crippen molar-refractivity contribution in [1.82, 2.24) is 0 Å². The Bertz CT molecular complexity index is 306. The van der Waals surface area contributed by atoms with Crippen molar-refractivity contribution >= 4 is 20.2 Å². The van der Waals surface area contributed by atoms with E-state index in [1.54, 1.807) is 0 Å². The van der Waals surface area contributed by atoms with E-state index in [4.69, 9.17) is 14.6 Å². The fourth-order valence-corrected chi connectivity index (χ4v) is 3.31. The molecule has 18 heavy (non-hydrogen) atoms. The summed E-state index contributed by atoms with van der Waals surface area (Å²) in [5.74, 6) is 0. The Morgan fingerprint density at radius 1 is 0.944 bits per heavy atom. The highest BCUT2D eigenvalue weighted by molar-refractivity contribution is 6.61. The lowest BCUT2D eigenvalue weighted by Crippen LogP contribution is -2.37. The fraction of sp³-hybridized carbons (Fsp3) is 0.571. The van der Waals surface area contributed by atoms with Crippen LogP contribution < -0.4 is 10.9 Å². The number of nitrogens with two attached hydrogens (primary N) is 1. The molecular formula is C14H25NO2Si. The molecule has 0 atom stereocenters. The zero-order valence-corrected chi connectivity index (χ0v) is 12.7. The number of hydrogen-bond acceptors (Lipinski definition) is 3. The average Bonchev–Trinajstić information content (AvgIpc) is 2.38. The van der Waals surface area contributed by atoms with E-state index in [1.165, 1.54) is 5.19 Å². The average molecular weight is 267 g/mol. The minimum atomic E-state index is -1.73. The van der Waals surface area contributed by atoms with Crippen LogP contribution in [0.4, 0.5) is 5.69 Å². The number of hydrogen-bond donors (Lipinski definition) is 1. The van der Waals surface area contributed by atoms with E-state index in [2.05, 4.69) is 13.8 Å². The van der Waals surface area contributed by atoms with E-state index in [0.29, 0.717) is 0 Å². The van der Waals surface area contributed by atoms with Crippen LogP contribution in [0.3, 0.4) is 0 Å². The zero-order valence-electron chi connectivity index (χ0n) is 11.5. The number of unbranched alkanes of at least 4 members (excludes halogenated alkanes) is 2. The number of nitrogen functional groups attached to an aromatic ring is 1. The molecule has 0 saturated carbocycles. The van der Waals surface area contributed by atoms with Gasteiger partial charge < -0.3 is 14.6 Å². The smallest absolute Gasteiger partial charge is 0.355 e. The second-order valence-electron chi connectivity index (χ2n) is 4.45. The van der Waals surface area contributed by atoms with Gasteiger partial charge in [-0.1, -0.05) is 38.8 Å². The highest BCUT2D eigenvalue weighted by atomic mass is 28.3. The Hall–Kier alpha value is -0.843. The fourth-order valence-electron chi connectivity index (χ4n) is 1.56. The van der Waals surface area contributed by atoms with Crippen LogP contribution in [0.25, 0.3) is 0 Å². The maximum Gasteiger partial charge on any atom is 0.355 e. The predicted octanol–water partition coefficient (Wildman–Crippen LogP) is 2.33. The minimum Gasteiger partial charge on any atom is -0.399 e. The molecule has 1 aromatic rings. The molecule has 102 valence electrons. The molecule has 1 aromatic carbocycles. The van der Waals surface area contributed by atoms with Gasteiger partial charge in [0.2, 0.25) is 0 Å².